The number of phenolic OH excluding ortho intramolecular Hbond substituents is 1. The molecule has 0 radical (unpaired) electrons. The summed E-state index contributed by atoms with van der Waals surface area (Å²) in [6, 6.07) is 7.52. The van der Waals surface area contributed by atoms with Crippen LogP contribution in [0.2, 0.25) is 0 Å². The average Bonchev–Trinajstić information content (AvgIpc) is 2.05. The van der Waals surface area contributed by atoms with Gasteiger partial charge in [0, 0.05) is 10.8 Å². The molecule has 0 bridgehead atoms. The van der Waals surface area contributed by atoms with Gasteiger partial charge in [0.05, 0.1) is 0 Å². The van der Waals surface area contributed by atoms with E-state index in [0.717, 1.165) is 11.3 Å². The summed E-state index contributed by atoms with van der Waals surface area (Å²) in [4.78, 5) is 0. The molecule has 12 heavy (non-hydrogen) atoms. The molecular weight excluding hydrogens is 168 g/mol. The summed E-state index contributed by atoms with van der Waals surface area (Å²) in [6.07, 6.45) is 0. The van der Waals surface area contributed by atoms with Crippen molar-refractivity contribution in [2.75, 3.05) is 5.75 Å². The lowest BCUT2D eigenvalue weighted by Gasteiger charge is -2.11. The van der Waals surface area contributed by atoms with Crippen molar-refractivity contribution >= 4 is 11.8 Å². The zero-order chi connectivity index (χ0) is 8.97. The third-order valence-electron chi connectivity index (χ3n) is 1.79. The van der Waals surface area contributed by atoms with E-state index >= 15 is 0 Å². The van der Waals surface area contributed by atoms with Gasteiger partial charge < -0.3 is 5.11 Å². The molecule has 0 aliphatic rings. The fraction of sp³-hybridized carbons (Fsp3) is 0.400. The zero-order valence-corrected chi connectivity index (χ0v) is 8.27. The van der Waals surface area contributed by atoms with Crippen molar-refractivity contribution < 1.29 is 5.11 Å². The molecule has 1 nitrogen and oxygen atoms in total. The Morgan fingerprint density at radius 3 is 2.67 bits per heavy atom. The maximum absolute atomic E-state index is 9.49. The zero-order valence-electron chi connectivity index (χ0n) is 7.45. The predicted octanol–water partition coefficient (Wildman–Crippen LogP) is 3.21. The molecule has 0 aliphatic heterocycles. The Hall–Kier alpha value is -0.630. The number of rotatable bonds is 3. The Morgan fingerprint density at radius 2 is 2.08 bits per heavy atom. The van der Waals surface area contributed by atoms with Gasteiger partial charge in [-0.3, -0.25) is 0 Å². The van der Waals surface area contributed by atoms with Gasteiger partial charge in [0.25, 0.3) is 0 Å². The minimum atomic E-state index is 0.385. The van der Waals surface area contributed by atoms with E-state index in [1.807, 2.05) is 30.0 Å². The summed E-state index contributed by atoms with van der Waals surface area (Å²) in [6.45, 7) is 4.24. The van der Waals surface area contributed by atoms with Gasteiger partial charge in [0.15, 0.2) is 0 Å². The van der Waals surface area contributed by atoms with Gasteiger partial charge in [-0.15, -0.1) is 0 Å². The van der Waals surface area contributed by atoms with Crippen LogP contribution in [0, 0.1) is 0 Å². The second-order valence-electron chi connectivity index (χ2n) is 2.66. The topological polar surface area (TPSA) is 20.2 Å². The normalized spacial score (nSPS) is 12.8. The van der Waals surface area contributed by atoms with E-state index in [-0.39, 0.29) is 0 Å². The molecule has 0 saturated carbocycles. The molecular formula is C10H14OS. The van der Waals surface area contributed by atoms with Crippen molar-refractivity contribution in [3.63, 3.8) is 0 Å². The fourth-order valence-electron chi connectivity index (χ4n) is 1.17. The van der Waals surface area contributed by atoms with Gasteiger partial charge in [-0.1, -0.05) is 25.1 Å². The highest BCUT2D eigenvalue weighted by atomic mass is 32.2. The average molecular weight is 182 g/mol. The summed E-state index contributed by atoms with van der Waals surface area (Å²) in [5.74, 6) is 1.49. The van der Waals surface area contributed by atoms with Crippen LogP contribution in [0.1, 0.15) is 24.7 Å². The van der Waals surface area contributed by atoms with E-state index in [0.29, 0.717) is 11.0 Å². The van der Waals surface area contributed by atoms with Crippen LogP contribution in [0.3, 0.4) is 0 Å². The minimum absolute atomic E-state index is 0.385. The van der Waals surface area contributed by atoms with Gasteiger partial charge in [-0.05, 0) is 18.7 Å². The molecule has 0 fully saturated rings. The lowest BCUT2D eigenvalue weighted by atomic mass is 10.1. The lowest BCUT2D eigenvalue weighted by molar-refractivity contribution is 0.468. The Labute approximate surface area is 77.8 Å². The number of phenols is 1. The van der Waals surface area contributed by atoms with Crippen molar-refractivity contribution in [3.8, 4) is 5.75 Å². The summed E-state index contributed by atoms with van der Waals surface area (Å²) < 4.78 is 0. The molecule has 1 unspecified atom stereocenters. The van der Waals surface area contributed by atoms with Crippen molar-refractivity contribution in [2.24, 2.45) is 0 Å². The first-order valence-corrected chi connectivity index (χ1v) is 5.20. The quantitative estimate of drug-likeness (QED) is 0.774. The Bertz CT molecular complexity index is 247. The second kappa shape index (κ2) is 4.41. The molecule has 2 heteroatoms. The first-order chi connectivity index (χ1) is 5.75. The highest BCUT2D eigenvalue weighted by molar-refractivity contribution is 7.99. The van der Waals surface area contributed by atoms with Crippen molar-refractivity contribution in [1.82, 2.24) is 0 Å². The number of hydrogen-bond donors (Lipinski definition) is 1. The largest absolute Gasteiger partial charge is 0.508 e. The number of thioether (sulfide) groups is 1. The van der Waals surface area contributed by atoms with Crippen LogP contribution in [-0.4, -0.2) is 10.9 Å². The Balaban J connectivity index is 2.79. The molecule has 0 saturated heterocycles. The van der Waals surface area contributed by atoms with E-state index in [9.17, 15) is 5.11 Å². The predicted molar refractivity (Wildman–Crippen MR) is 54.7 cm³/mol. The van der Waals surface area contributed by atoms with E-state index < -0.39 is 0 Å². The molecule has 1 atom stereocenters. The van der Waals surface area contributed by atoms with Crippen LogP contribution >= 0.6 is 11.8 Å². The van der Waals surface area contributed by atoms with Gasteiger partial charge in [0.2, 0.25) is 0 Å². The highest BCUT2D eigenvalue weighted by Crippen LogP contribution is 2.33. The maximum atomic E-state index is 9.49. The molecule has 0 heterocycles. The van der Waals surface area contributed by atoms with Gasteiger partial charge in [-0.2, -0.15) is 11.8 Å². The third-order valence-corrected chi connectivity index (χ3v) is 2.88. The Morgan fingerprint density at radius 1 is 1.42 bits per heavy atom. The smallest absolute Gasteiger partial charge is 0.119 e. The SMILES string of the molecule is CCSC(C)c1ccccc1O. The summed E-state index contributed by atoms with van der Waals surface area (Å²) in [5.41, 5.74) is 1.03. The van der Waals surface area contributed by atoms with Crippen LogP contribution in [0.5, 0.6) is 5.75 Å². The van der Waals surface area contributed by atoms with E-state index in [2.05, 4.69) is 13.8 Å². The number of hydrogen-bond acceptors (Lipinski definition) is 2. The van der Waals surface area contributed by atoms with E-state index in [1.54, 1.807) is 6.07 Å². The van der Waals surface area contributed by atoms with Crippen molar-refractivity contribution in [3.05, 3.63) is 29.8 Å². The van der Waals surface area contributed by atoms with Gasteiger partial charge in [-0.25, -0.2) is 0 Å². The Kier molecular flexibility index (Phi) is 3.48. The summed E-state index contributed by atoms with van der Waals surface area (Å²) in [5, 5.41) is 9.88. The van der Waals surface area contributed by atoms with Crippen LogP contribution < -0.4 is 0 Å². The fourth-order valence-corrected chi connectivity index (χ4v) is 2.05. The van der Waals surface area contributed by atoms with Crippen LogP contribution in [-0.2, 0) is 0 Å². The van der Waals surface area contributed by atoms with Crippen LogP contribution in [0.25, 0.3) is 0 Å². The molecule has 1 aromatic carbocycles. The monoisotopic (exact) mass is 182 g/mol. The van der Waals surface area contributed by atoms with Crippen LogP contribution in [0.4, 0.5) is 0 Å². The van der Waals surface area contributed by atoms with Crippen LogP contribution in [0.15, 0.2) is 24.3 Å². The summed E-state index contributed by atoms with van der Waals surface area (Å²) in [7, 11) is 0. The first kappa shape index (κ1) is 9.46. The highest BCUT2D eigenvalue weighted by Gasteiger charge is 2.07. The summed E-state index contributed by atoms with van der Waals surface area (Å²) >= 11 is 1.84. The van der Waals surface area contributed by atoms with Crippen molar-refractivity contribution in [2.45, 2.75) is 19.1 Å². The molecule has 1 rings (SSSR count). The standard InChI is InChI=1S/C10H14OS/c1-3-12-8(2)9-6-4-5-7-10(9)11/h4-8,11H,3H2,1-2H3. The molecule has 0 aromatic heterocycles. The molecule has 0 amide bonds. The minimum Gasteiger partial charge on any atom is -0.508 e. The number of benzene rings is 1. The lowest BCUT2D eigenvalue weighted by Crippen LogP contribution is -1.88. The molecule has 0 aliphatic carbocycles. The molecule has 1 aromatic rings. The molecule has 0 spiro atoms. The third kappa shape index (κ3) is 2.18. The molecule has 66 valence electrons. The van der Waals surface area contributed by atoms with E-state index in [1.165, 1.54) is 0 Å². The van der Waals surface area contributed by atoms with Crippen molar-refractivity contribution in [1.29, 1.82) is 0 Å². The van der Waals surface area contributed by atoms with Gasteiger partial charge in [0.1, 0.15) is 5.75 Å². The second-order valence-corrected chi connectivity index (χ2v) is 4.27. The number of para-hydroxylation sites is 1. The first-order valence-electron chi connectivity index (χ1n) is 4.15. The van der Waals surface area contributed by atoms with E-state index in [4.69, 9.17) is 0 Å². The molecule has 1 N–H and O–H groups in total. The van der Waals surface area contributed by atoms with Gasteiger partial charge >= 0.3 is 0 Å². The maximum Gasteiger partial charge on any atom is 0.119 e. The number of aromatic hydroxyl groups is 1.